The minimum atomic E-state index is -0.831. The van der Waals surface area contributed by atoms with E-state index in [1.807, 2.05) is 13.8 Å². The summed E-state index contributed by atoms with van der Waals surface area (Å²) in [5.41, 5.74) is 1.51. The summed E-state index contributed by atoms with van der Waals surface area (Å²) in [5.74, 6) is -0.831. The molecule has 1 rings (SSSR count). The first-order valence-electron chi connectivity index (χ1n) is 4.43. The molecule has 0 saturated heterocycles. The average Bonchev–Trinajstić information content (AvgIpc) is 2.13. The lowest BCUT2D eigenvalue weighted by Gasteiger charge is -2.01. The van der Waals surface area contributed by atoms with Gasteiger partial charge in [0.15, 0.2) is 0 Å². The van der Waals surface area contributed by atoms with E-state index < -0.39 is 5.97 Å². The zero-order valence-electron chi connectivity index (χ0n) is 8.54. The first kappa shape index (κ1) is 13.1. The van der Waals surface area contributed by atoms with Crippen molar-refractivity contribution in [2.45, 2.75) is 27.2 Å². The van der Waals surface area contributed by atoms with Gasteiger partial charge in [-0.15, -0.1) is 0 Å². The highest BCUT2D eigenvalue weighted by molar-refractivity contribution is 9.10. The first-order valence-corrected chi connectivity index (χ1v) is 5.22. The predicted molar refractivity (Wildman–Crippen MR) is 59.4 cm³/mol. The van der Waals surface area contributed by atoms with Gasteiger partial charge in [-0.2, -0.15) is 0 Å². The van der Waals surface area contributed by atoms with Crippen molar-refractivity contribution in [1.29, 1.82) is 0 Å². The highest BCUT2D eigenvalue weighted by atomic mass is 79.9. The molecule has 1 N–H and O–H groups in total. The Hall–Kier alpha value is -0.900. The SMILES string of the molecule is CC.Cc1nc(Br)ccc1CC(=O)O. The number of carboxylic acid groups (broad SMARTS) is 1. The van der Waals surface area contributed by atoms with Gasteiger partial charge in [0, 0.05) is 5.69 Å². The van der Waals surface area contributed by atoms with Gasteiger partial charge in [0.05, 0.1) is 6.42 Å². The zero-order chi connectivity index (χ0) is 11.1. The quantitative estimate of drug-likeness (QED) is 0.832. The van der Waals surface area contributed by atoms with E-state index in [0.717, 1.165) is 15.9 Å². The zero-order valence-corrected chi connectivity index (χ0v) is 10.1. The van der Waals surface area contributed by atoms with Gasteiger partial charge in [0.25, 0.3) is 0 Å². The second-order valence-corrected chi connectivity index (χ2v) is 3.26. The Morgan fingerprint density at radius 1 is 1.50 bits per heavy atom. The van der Waals surface area contributed by atoms with Gasteiger partial charge in [-0.05, 0) is 34.5 Å². The molecule has 0 aliphatic rings. The minimum Gasteiger partial charge on any atom is -0.481 e. The standard InChI is InChI=1S/C8H8BrNO2.C2H6/c1-5-6(4-8(11)12)2-3-7(9)10-5;1-2/h2-3H,4H2,1H3,(H,11,12);1-2H3. The fraction of sp³-hybridized carbons (Fsp3) is 0.400. The third-order valence-corrected chi connectivity index (χ3v) is 1.94. The van der Waals surface area contributed by atoms with Crippen molar-refractivity contribution in [2.75, 3.05) is 0 Å². The second kappa shape index (κ2) is 6.54. The molecule has 4 heteroatoms. The van der Waals surface area contributed by atoms with Gasteiger partial charge in [0.1, 0.15) is 4.60 Å². The van der Waals surface area contributed by atoms with Crippen LogP contribution in [0.25, 0.3) is 0 Å². The molecule has 0 aromatic carbocycles. The smallest absolute Gasteiger partial charge is 0.307 e. The van der Waals surface area contributed by atoms with Crippen LogP contribution < -0.4 is 0 Å². The van der Waals surface area contributed by atoms with Crippen molar-refractivity contribution < 1.29 is 9.90 Å². The molecule has 1 aromatic heterocycles. The third-order valence-electron chi connectivity index (χ3n) is 1.50. The van der Waals surface area contributed by atoms with E-state index in [1.165, 1.54) is 0 Å². The maximum atomic E-state index is 10.4. The fourth-order valence-electron chi connectivity index (χ4n) is 0.909. The highest BCUT2D eigenvalue weighted by Gasteiger charge is 2.04. The number of rotatable bonds is 2. The number of carboxylic acids is 1. The monoisotopic (exact) mass is 259 g/mol. The molecule has 0 unspecified atom stereocenters. The second-order valence-electron chi connectivity index (χ2n) is 2.45. The van der Waals surface area contributed by atoms with Crippen LogP contribution in [-0.2, 0) is 11.2 Å². The molecule has 0 radical (unpaired) electrons. The van der Waals surface area contributed by atoms with Gasteiger partial charge in [-0.1, -0.05) is 19.9 Å². The molecule has 0 spiro atoms. The summed E-state index contributed by atoms with van der Waals surface area (Å²) in [6, 6.07) is 3.51. The van der Waals surface area contributed by atoms with E-state index in [1.54, 1.807) is 19.1 Å². The number of aryl methyl sites for hydroxylation is 1. The summed E-state index contributed by atoms with van der Waals surface area (Å²) in [5, 5.41) is 8.52. The van der Waals surface area contributed by atoms with Gasteiger partial charge in [0.2, 0.25) is 0 Å². The normalized spacial score (nSPS) is 8.86. The molecule has 1 aromatic rings. The van der Waals surface area contributed by atoms with Gasteiger partial charge in [-0.3, -0.25) is 4.79 Å². The van der Waals surface area contributed by atoms with Crippen LogP contribution in [0.3, 0.4) is 0 Å². The van der Waals surface area contributed by atoms with Crippen molar-refractivity contribution in [3.63, 3.8) is 0 Å². The molecular weight excluding hydrogens is 246 g/mol. The number of hydrogen-bond acceptors (Lipinski definition) is 2. The van der Waals surface area contributed by atoms with Crippen LogP contribution in [-0.4, -0.2) is 16.1 Å². The molecule has 0 aliphatic heterocycles. The predicted octanol–water partition coefficient (Wildman–Crippen LogP) is 2.81. The molecule has 0 atom stereocenters. The molecule has 0 bridgehead atoms. The Balaban J connectivity index is 0.000000791. The fourth-order valence-corrected chi connectivity index (χ4v) is 1.31. The van der Waals surface area contributed by atoms with Crippen molar-refractivity contribution in [3.05, 3.63) is 28.0 Å². The Morgan fingerprint density at radius 3 is 2.50 bits per heavy atom. The first-order chi connectivity index (χ1) is 6.59. The lowest BCUT2D eigenvalue weighted by molar-refractivity contribution is -0.136. The van der Waals surface area contributed by atoms with Crippen molar-refractivity contribution in [3.8, 4) is 0 Å². The Kier molecular flexibility index (Phi) is 6.12. The van der Waals surface area contributed by atoms with Gasteiger partial charge < -0.3 is 5.11 Å². The Morgan fingerprint density at radius 2 is 2.07 bits per heavy atom. The lowest BCUT2D eigenvalue weighted by Crippen LogP contribution is -2.02. The summed E-state index contributed by atoms with van der Waals surface area (Å²) >= 11 is 3.20. The van der Waals surface area contributed by atoms with Crippen LogP contribution in [0, 0.1) is 6.92 Å². The van der Waals surface area contributed by atoms with Crippen LogP contribution in [0.1, 0.15) is 25.1 Å². The molecular formula is C10H14BrNO2. The molecule has 1 heterocycles. The average molecular weight is 260 g/mol. The topological polar surface area (TPSA) is 50.2 Å². The molecule has 78 valence electrons. The van der Waals surface area contributed by atoms with Gasteiger partial charge >= 0.3 is 5.97 Å². The number of halogens is 1. The lowest BCUT2D eigenvalue weighted by atomic mass is 10.1. The third kappa shape index (κ3) is 4.37. The Bertz CT molecular complexity index is 313. The molecule has 0 saturated carbocycles. The maximum absolute atomic E-state index is 10.4. The minimum absolute atomic E-state index is 0.0338. The summed E-state index contributed by atoms with van der Waals surface area (Å²) in [6.45, 7) is 5.79. The summed E-state index contributed by atoms with van der Waals surface area (Å²) in [4.78, 5) is 14.4. The van der Waals surface area contributed by atoms with E-state index in [4.69, 9.17) is 5.11 Å². The van der Waals surface area contributed by atoms with Crippen LogP contribution in [0.2, 0.25) is 0 Å². The maximum Gasteiger partial charge on any atom is 0.307 e. The number of hydrogen-bond donors (Lipinski definition) is 1. The summed E-state index contributed by atoms with van der Waals surface area (Å²) in [6.07, 6.45) is 0.0338. The van der Waals surface area contributed by atoms with Crippen LogP contribution in [0.15, 0.2) is 16.7 Å². The Labute approximate surface area is 92.3 Å². The van der Waals surface area contributed by atoms with Gasteiger partial charge in [-0.25, -0.2) is 4.98 Å². The van der Waals surface area contributed by atoms with Crippen molar-refractivity contribution in [2.24, 2.45) is 0 Å². The number of nitrogens with zero attached hydrogens (tertiary/aromatic N) is 1. The molecule has 3 nitrogen and oxygen atoms in total. The molecule has 0 aliphatic carbocycles. The highest BCUT2D eigenvalue weighted by Crippen LogP contribution is 2.11. The van der Waals surface area contributed by atoms with Crippen molar-refractivity contribution in [1.82, 2.24) is 4.98 Å². The van der Waals surface area contributed by atoms with E-state index in [0.29, 0.717) is 0 Å². The number of carbonyl (C=O) groups is 1. The summed E-state index contributed by atoms with van der Waals surface area (Å²) in [7, 11) is 0. The molecule has 14 heavy (non-hydrogen) atoms. The van der Waals surface area contributed by atoms with E-state index in [2.05, 4.69) is 20.9 Å². The summed E-state index contributed by atoms with van der Waals surface area (Å²) < 4.78 is 0.731. The van der Waals surface area contributed by atoms with Crippen molar-refractivity contribution >= 4 is 21.9 Å². The van der Waals surface area contributed by atoms with E-state index in [-0.39, 0.29) is 6.42 Å². The number of aliphatic carboxylic acids is 1. The number of aromatic nitrogens is 1. The molecule has 0 fully saturated rings. The van der Waals surface area contributed by atoms with E-state index in [9.17, 15) is 4.79 Å². The van der Waals surface area contributed by atoms with Crippen LogP contribution >= 0.6 is 15.9 Å². The number of pyridine rings is 1. The van der Waals surface area contributed by atoms with Crippen LogP contribution in [0.5, 0.6) is 0 Å². The molecule has 0 amide bonds. The van der Waals surface area contributed by atoms with E-state index >= 15 is 0 Å². The van der Waals surface area contributed by atoms with Crippen LogP contribution in [0.4, 0.5) is 0 Å². The largest absolute Gasteiger partial charge is 0.481 e.